The fourth-order valence-corrected chi connectivity index (χ4v) is 2.67. The molecule has 0 fully saturated rings. The first kappa shape index (κ1) is 20.1. The molecule has 0 aromatic heterocycles. The molecule has 0 atom stereocenters. The van der Waals surface area contributed by atoms with Gasteiger partial charge in [0, 0.05) is 7.05 Å². The van der Waals surface area contributed by atoms with Crippen LogP contribution in [0.1, 0.15) is 12.5 Å². The molecule has 138 valence electrons. The Bertz CT molecular complexity index is 759. The highest BCUT2D eigenvalue weighted by Crippen LogP contribution is 2.29. The lowest BCUT2D eigenvalue weighted by molar-refractivity contribution is -0.135. The largest absolute Gasteiger partial charge is 0.484 e. The molecule has 0 spiro atoms. The molecule has 0 bridgehead atoms. The summed E-state index contributed by atoms with van der Waals surface area (Å²) in [6, 6.07) is 12.5. The van der Waals surface area contributed by atoms with Crippen LogP contribution in [0.4, 0.5) is 5.69 Å². The van der Waals surface area contributed by atoms with Crippen LogP contribution in [0.2, 0.25) is 10.0 Å². The Morgan fingerprint density at radius 3 is 2.27 bits per heavy atom. The molecule has 0 unspecified atom stereocenters. The average Bonchev–Trinajstić information content (AvgIpc) is 2.63. The predicted octanol–water partition coefficient (Wildman–Crippen LogP) is 4.03. The summed E-state index contributed by atoms with van der Waals surface area (Å²) in [4.78, 5) is 25.5. The number of halogens is 2. The number of anilines is 1. The standard InChI is InChI=1S/C19H20Cl2N2O3/c1-3-13-7-9-14(10-8-13)26-12-18(25)23(2)11-17(24)22-19-15(20)5-4-6-16(19)21/h4-10H,3,11-12H2,1-2H3,(H,22,24). The summed E-state index contributed by atoms with van der Waals surface area (Å²) in [6.45, 7) is 1.77. The number of carbonyl (C=O) groups excluding carboxylic acids is 2. The summed E-state index contributed by atoms with van der Waals surface area (Å²) in [7, 11) is 1.53. The minimum Gasteiger partial charge on any atom is -0.484 e. The number of hydrogen-bond donors (Lipinski definition) is 1. The Hall–Kier alpha value is -2.24. The van der Waals surface area contributed by atoms with Gasteiger partial charge in [-0.05, 0) is 36.2 Å². The fourth-order valence-electron chi connectivity index (χ4n) is 2.18. The Labute approximate surface area is 162 Å². The number of carbonyl (C=O) groups is 2. The van der Waals surface area contributed by atoms with Crippen LogP contribution in [0.5, 0.6) is 5.75 Å². The summed E-state index contributed by atoms with van der Waals surface area (Å²) < 4.78 is 5.46. The number of ether oxygens (including phenoxy) is 1. The van der Waals surface area contributed by atoms with E-state index in [1.54, 1.807) is 18.2 Å². The highest BCUT2D eigenvalue weighted by molar-refractivity contribution is 6.39. The summed E-state index contributed by atoms with van der Waals surface area (Å²) in [5, 5.41) is 3.28. The molecule has 2 aromatic rings. The molecular weight excluding hydrogens is 375 g/mol. The lowest BCUT2D eigenvalue weighted by Gasteiger charge is -2.18. The van der Waals surface area contributed by atoms with Crippen molar-refractivity contribution in [2.75, 3.05) is 25.5 Å². The summed E-state index contributed by atoms with van der Waals surface area (Å²) in [5.74, 6) is -0.107. The predicted molar refractivity (Wildman–Crippen MR) is 104 cm³/mol. The van der Waals surface area contributed by atoms with Crippen molar-refractivity contribution in [1.82, 2.24) is 4.90 Å². The molecule has 2 rings (SSSR count). The molecule has 0 aliphatic carbocycles. The molecule has 1 N–H and O–H groups in total. The van der Waals surface area contributed by atoms with E-state index in [9.17, 15) is 9.59 Å². The molecule has 0 saturated heterocycles. The second-order valence-corrected chi connectivity index (χ2v) is 6.50. The van der Waals surface area contributed by atoms with Gasteiger partial charge in [0.05, 0.1) is 22.3 Å². The van der Waals surface area contributed by atoms with Gasteiger partial charge in [0.15, 0.2) is 6.61 Å². The molecule has 5 nitrogen and oxygen atoms in total. The quantitative estimate of drug-likeness (QED) is 0.770. The third-order valence-electron chi connectivity index (χ3n) is 3.73. The fraction of sp³-hybridized carbons (Fsp3) is 0.263. The van der Waals surface area contributed by atoms with Gasteiger partial charge in [0.2, 0.25) is 5.91 Å². The first-order chi connectivity index (χ1) is 12.4. The first-order valence-electron chi connectivity index (χ1n) is 8.10. The molecule has 0 aliphatic heterocycles. The summed E-state index contributed by atoms with van der Waals surface area (Å²) >= 11 is 12.0. The van der Waals surface area contributed by atoms with Crippen molar-refractivity contribution in [3.05, 3.63) is 58.1 Å². The van der Waals surface area contributed by atoms with Gasteiger partial charge >= 0.3 is 0 Å². The van der Waals surface area contributed by atoms with E-state index in [0.717, 1.165) is 6.42 Å². The number of para-hydroxylation sites is 1. The maximum atomic E-state index is 12.1. The topological polar surface area (TPSA) is 58.6 Å². The molecular formula is C19H20Cl2N2O3. The van der Waals surface area contributed by atoms with Gasteiger partial charge in [-0.3, -0.25) is 9.59 Å². The van der Waals surface area contributed by atoms with Crippen molar-refractivity contribution in [3.8, 4) is 5.75 Å². The molecule has 7 heteroatoms. The van der Waals surface area contributed by atoms with E-state index in [-0.39, 0.29) is 19.1 Å². The van der Waals surface area contributed by atoms with Gasteiger partial charge < -0.3 is 15.0 Å². The summed E-state index contributed by atoms with van der Waals surface area (Å²) in [5.41, 5.74) is 1.52. The zero-order chi connectivity index (χ0) is 19.1. The van der Waals surface area contributed by atoms with Crippen molar-refractivity contribution in [2.45, 2.75) is 13.3 Å². The maximum absolute atomic E-state index is 12.1. The first-order valence-corrected chi connectivity index (χ1v) is 8.86. The molecule has 0 saturated carbocycles. The van der Waals surface area contributed by atoms with Gasteiger partial charge in [-0.1, -0.05) is 48.3 Å². The van der Waals surface area contributed by atoms with E-state index in [1.807, 2.05) is 24.3 Å². The number of aryl methyl sites for hydroxylation is 1. The Kier molecular flexibility index (Phi) is 7.30. The number of amides is 2. The monoisotopic (exact) mass is 394 g/mol. The third kappa shape index (κ3) is 5.64. The van der Waals surface area contributed by atoms with Crippen molar-refractivity contribution in [1.29, 1.82) is 0 Å². The van der Waals surface area contributed by atoms with Crippen molar-refractivity contribution >= 4 is 40.7 Å². The van der Waals surface area contributed by atoms with Crippen molar-refractivity contribution < 1.29 is 14.3 Å². The van der Waals surface area contributed by atoms with Crippen LogP contribution in [0, 0.1) is 0 Å². The SMILES string of the molecule is CCc1ccc(OCC(=O)N(C)CC(=O)Nc2c(Cl)cccc2Cl)cc1. The highest BCUT2D eigenvalue weighted by atomic mass is 35.5. The minimum absolute atomic E-state index is 0.140. The van der Waals surface area contributed by atoms with Gasteiger partial charge in [0.25, 0.3) is 5.91 Å². The van der Waals surface area contributed by atoms with Crippen molar-refractivity contribution in [3.63, 3.8) is 0 Å². The van der Waals surface area contributed by atoms with Crippen LogP contribution in [0.25, 0.3) is 0 Å². The van der Waals surface area contributed by atoms with Gasteiger partial charge in [-0.2, -0.15) is 0 Å². The number of likely N-dealkylation sites (N-methyl/N-ethyl adjacent to an activating group) is 1. The van der Waals surface area contributed by atoms with Crippen LogP contribution in [-0.2, 0) is 16.0 Å². The molecule has 26 heavy (non-hydrogen) atoms. The van der Waals surface area contributed by atoms with Crippen LogP contribution in [0.15, 0.2) is 42.5 Å². The minimum atomic E-state index is -0.400. The third-order valence-corrected chi connectivity index (χ3v) is 4.36. The maximum Gasteiger partial charge on any atom is 0.260 e. The lowest BCUT2D eigenvalue weighted by atomic mass is 10.2. The molecule has 0 radical (unpaired) electrons. The van der Waals surface area contributed by atoms with Crippen LogP contribution < -0.4 is 10.1 Å². The second kappa shape index (κ2) is 9.46. The van der Waals surface area contributed by atoms with Gasteiger partial charge in [0.1, 0.15) is 5.75 Å². The van der Waals surface area contributed by atoms with Crippen LogP contribution >= 0.6 is 23.2 Å². The lowest BCUT2D eigenvalue weighted by Crippen LogP contribution is -2.37. The molecule has 2 aromatic carbocycles. The number of nitrogens with one attached hydrogen (secondary N) is 1. The molecule has 0 aliphatic rings. The number of benzene rings is 2. The van der Waals surface area contributed by atoms with E-state index in [0.29, 0.717) is 21.5 Å². The number of hydrogen-bond acceptors (Lipinski definition) is 3. The molecule has 2 amide bonds. The Morgan fingerprint density at radius 2 is 1.69 bits per heavy atom. The highest BCUT2D eigenvalue weighted by Gasteiger charge is 2.15. The zero-order valence-electron chi connectivity index (χ0n) is 14.6. The van der Waals surface area contributed by atoms with Crippen molar-refractivity contribution in [2.24, 2.45) is 0 Å². The number of nitrogens with zero attached hydrogens (tertiary/aromatic N) is 1. The number of rotatable bonds is 7. The van der Waals surface area contributed by atoms with Crippen LogP contribution in [-0.4, -0.2) is 36.9 Å². The van der Waals surface area contributed by atoms with E-state index in [4.69, 9.17) is 27.9 Å². The van der Waals surface area contributed by atoms with Gasteiger partial charge in [-0.15, -0.1) is 0 Å². The average molecular weight is 395 g/mol. The molecule has 0 heterocycles. The van der Waals surface area contributed by atoms with E-state index >= 15 is 0 Å². The Morgan fingerprint density at radius 1 is 1.08 bits per heavy atom. The Balaban J connectivity index is 1.84. The van der Waals surface area contributed by atoms with E-state index in [2.05, 4.69) is 12.2 Å². The van der Waals surface area contributed by atoms with E-state index < -0.39 is 5.91 Å². The summed E-state index contributed by atoms with van der Waals surface area (Å²) in [6.07, 6.45) is 0.937. The smallest absolute Gasteiger partial charge is 0.260 e. The van der Waals surface area contributed by atoms with E-state index in [1.165, 1.54) is 17.5 Å². The van der Waals surface area contributed by atoms with Gasteiger partial charge in [-0.25, -0.2) is 0 Å². The zero-order valence-corrected chi connectivity index (χ0v) is 16.1. The van der Waals surface area contributed by atoms with Crippen LogP contribution in [0.3, 0.4) is 0 Å². The second-order valence-electron chi connectivity index (χ2n) is 5.68. The normalized spacial score (nSPS) is 10.3.